The van der Waals surface area contributed by atoms with Gasteiger partial charge in [-0.1, -0.05) is 18.2 Å². The molecule has 1 unspecified atom stereocenters. The molecule has 6 rings (SSSR count). The van der Waals surface area contributed by atoms with Gasteiger partial charge in [0.2, 0.25) is 0 Å². The highest BCUT2D eigenvalue weighted by atomic mass is 19.1. The highest BCUT2D eigenvalue weighted by Gasteiger charge is 2.33. The van der Waals surface area contributed by atoms with E-state index in [4.69, 9.17) is 4.74 Å². The van der Waals surface area contributed by atoms with Gasteiger partial charge in [-0.3, -0.25) is 4.98 Å². The van der Waals surface area contributed by atoms with Crippen molar-refractivity contribution in [3.63, 3.8) is 0 Å². The summed E-state index contributed by atoms with van der Waals surface area (Å²) in [4.78, 5) is 6.75. The molecule has 0 bridgehead atoms. The summed E-state index contributed by atoms with van der Waals surface area (Å²) in [6.07, 6.45) is 2.45. The Bertz CT molecular complexity index is 1440. The fraction of sp³-hybridized carbons (Fsp3) is 0.250. The summed E-state index contributed by atoms with van der Waals surface area (Å²) in [7, 11) is 0. The molecular weight excluding hydrogens is 467 g/mol. The Balaban J connectivity index is 1.56. The molecule has 8 heteroatoms. The number of pyridine rings is 1. The topological polar surface area (TPSA) is 57.6 Å². The predicted octanol–water partition coefficient (Wildman–Crippen LogP) is 5.26. The molecule has 4 aromatic rings. The molecule has 2 atom stereocenters. The zero-order valence-electron chi connectivity index (χ0n) is 19.3. The lowest BCUT2D eigenvalue weighted by Crippen LogP contribution is -2.57. The van der Waals surface area contributed by atoms with Crippen molar-refractivity contribution < 1.29 is 23.0 Å². The van der Waals surface area contributed by atoms with E-state index in [1.807, 2.05) is 6.07 Å². The molecule has 0 amide bonds. The Morgan fingerprint density at radius 1 is 0.972 bits per heavy atom. The number of anilines is 1. The van der Waals surface area contributed by atoms with Crippen LogP contribution in [0.4, 0.5) is 18.9 Å². The Hall–Kier alpha value is -3.62. The summed E-state index contributed by atoms with van der Waals surface area (Å²) >= 11 is 0. The van der Waals surface area contributed by atoms with Crippen LogP contribution in [0.1, 0.15) is 6.42 Å². The molecule has 2 fully saturated rings. The number of nitrogens with one attached hydrogen (secondary N) is 1. The van der Waals surface area contributed by atoms with Crippen molar-refractivity contribution in [3.05, 3.63) is 78.2 Å². The van der Waals surface area contributed by atoms with Gasteiger partial charge in [-0.15, -0.1) is 0 Å². The quantitative estimate of drug-likeness (QED) is 0.410. The van der Waals surface area contributed by atoms with Crippen LogP contribution in [0.5, 0.6) is 5.75 Å². The molecular formula is C28H24F3N3O2. The van der Waals surface area contributed by atoms with Crippen molar-refractivity contribution in [3.8, 4) is 28.0 Å². The number of fused-ring (bicyclic) bond motifs is 2. The van der Waals surface area contributed by atoms with E-state index < -0.39 is 23.2 Å². The summed E-state index contributed by atoms with van der Waals surface area (Å²) in [6, 6.07) is 13.5. The van der Waals surface area contributed by atoms with E-state index in [9.17, 15) is 18.3 Å². The second-order valence-electron chi connectivity index (χ2n) is 9.25. The number of nitrogens with zero attached hydrogens (tertiary/aromatic N) is 2. The molecule has 2 aliphatic heterocycles. The first kappa shape index (κ1) is 22.8. The summed E-state index contributed by atoms with van der Waals surface area (Å²) in [5, 5.41) is 14.6. The smallest absolute Gasteiger partial charge is 0.165 e. The molecule has 0 spiro atoms. The van der Waals surface area contributed by atoms with E-state index in [-0.39, 0.29) is 12.1 Å². The Morgan fingerprint density at radius 3 is 2.64 bits per heavy atom. The monoisotopic (exact) mass is 491 g/mol. The van der Waals surface area contributed by atoms with Gasteiger partial charge in [0, 0.05) is 54.5 Å². The number of halogens is 3. The maximum atomic E-state index is 14.2. The van der Waals surface area contributed by atoms with Gasteiger partial charge in [0.1, 0.15) is 11.6 Å². The summed E-state index contributed by atoms with van der Waals surface area (Å²) < 4.78 is 48.6. The number of benzene rings is 3. The van der Waals surface area contributed by atoms with E-state index in [0.717, 1.165) is 30.1 Å². The number of para-hydroxylation sites is 1. The maximum Gasteiger partial charge on any atom is 0.165 e. The van der Waals surface area contributed by atoms with Gasteiger partial charge >= 0.3 is 0 Å². The van der Waals surface area contributed by atoms with Crippen molar-refractivity contribution >= 4 is 16.6 Å². The summed E-state index contributed by atoms with van der Waals surface area (Å²) in [6.45, 7) is 2.73. The third kappa shape index (κ3) is 4.06. The number of rotatable bonds is 3. The molecule has 184 valence electrons. The number of phenolic OH excluding ortho intramolecular Hbond substituents is 1. The predicted molar refractivity (Wildman–Crippen MR) is 133 cm³/mol. The SMILES string of the molecule is Oc1c(F)cccc1-c1ccc2ncc(-c3cc(F)cc(F)c3)c(N3CCC4NCCO[C@@H]4C3)c2c1. The normalized spacial score (nSPS) is 19.9. The van der Waals surface area contributed by atoms with Crippen LogP contribution < -0.4 is 10.2 Å². The number of hydrogen-bond donors (Lipinski definition) is 2. The molecule has 1 aromatic heterocycles. The second kappa shape index (κ2) is 9.11. The highest BCUT2D eigenvalue weighted by molar-refractivity contribution is 6.02. The largest absolute Gasteiger partial charge is 0.504 e. The molecule has 2 saturated heterocycles. The minimum absolute atomic E-state index is 0.0248. The number of phenols is 1. The lowest BCUT2D eigenvalue weighted by atomic mass is 9.94. The molecule has 0 saturated carbocycles. The first-order chi connectivity index (χ1) is 17.5. The second-order valence-corrected chi connectivity index (χ2v) is 9.25. The van der Waals surface area contributed by atoms with E-state index >= 15 is 0 Å². The van der Waals surface area contributed by atoms with E-state index in [1.54, 1.807) is 24.4 Å². The Kier molecular flexibility index (Phi) is 5.78. The van der Waals surface area contributed by atoms with Crippen molar-refractivity contribution in [2.75, 3.05) is 31.1 Å². The standard InChI is InChI=1S/C28H24F3N3O2/c29-18-10-17(11-19(30)13-18)22-14-33-24-5-4-16(20-2-1-3-23(31)28(20)35)12-21(24)27(22)34-8-6-25-26(15-34)36-9-7-32-25/h1-5,10-14,25-26,32,35H,6-9,15H2/t25?,26-/m1/s1. The van der Waals surface area contributed by atoms with Crippen molar-refractivity contribution in [1.82, 2.24) is 10.3 Å². The van der Waals surface area contributed by atoms with Crippen LogP contribution in [0.3, 0.4) is 0 Å². The number of aromatic nitrogens is 1. The zero-order valence-corrected chi connectivity index (χ0v) is 19.3. The van der Waals surface area contributed by atoms with Crippen molar-refractivity contribution in [2.45, 2.75) is 18.6 Å². The third-order valence-corrected chi connectivity index (χ3v) is 7.03. The van der Waals surface area contributed by atoms with Crippen LogP contribution in [0.15, 0.2) is 60.8 Å². The number of ether oxygens (including phenoxy) is 1. The van der Waals surface area contributed by atoms with Crippen LogP contribution in [0, 0.1) is 17.5 Å². The van der Waals surface area contributed by atoms with Gasteiger partial charge in [-0.25, -0.2) is 13.2 Å². The first-order valence-corrected chi connectivity index (χ1v) is 11.9. The summed E-state index contributed by atoms with van der Waals surface area (Å²) in [5.74, 6) is -2.49. The van der Waals surface area contributed by atoms with Crippen LogP contribution in [0.2, 0.25) is 0 Å². The lowest BCUT2D eigenvalue weighted by molar-refractivity contribution is -0.00896. The average Bonchev–Trinajstić information content (AvgIpc) is 2.88. The van der Waals surface area contributed by atoms with Gasteiger partial charge < -0.3 is 20.1 Å². The minimum atomic E-state index is -0.709. The molecule has 36 heavy (non-hydrogen) atoms. The van der Waals surface area contributed by atoms with Crippen LogP contribution >= 0.6 is 0 Å². The van der Waals surface area contributed by atoms with Gasteiger partial charge in [-0.2, -0.15) is 0 Å². The maximum absolute atomic E-state index is 14.2. The van der Waals surface area contributed by atoms with E-state index in [1.165, 1.54) is 24.3 Å². The zero-order chi connectivity index (χ0) is 24.8. The average molecular weight is 492 g/mol. The molecule has 2 aliphatic rings. The van der Waals surface area contributed by atoms with Crippen molar-refractivity contribution in [1.29, 1.82) is 0 Å². The molecule has 2 N–H and O–H groups in total. The summed E-state index contributed by atoms with van der Waals surface area (Å²) in [5.41, 5.74) is 3.37. The fourth-order valence-electron chi connectivity index (χ4n) is 5.33. The van der Waals surface area contributed by atoms with E-state index in [0.29, 0.717) is 47.5 Å². The van der Waals surface area contributed by atoms with Crippen LogP contribution in [-0.4, -0.2) is 48.5 Å². The fourth-order valence-corrected chi connectivity index (χ4v) is 5.33. The van der Waals surface area contributed by atoms with Gasteiger partial charge in [0.15, 0.2) is 11.6 Å². The molecule has 0 radical (unpaired) electrons. The van der Waals surface area contributed by atoms with Gasteiger partial charge in [0.25, 0.3) is 0 Å². The Labute approximate surface area is 206 Å². The van der Waals surface area contributed by atoms with E-state index in [2.05, 4.69) is 15.2 Å². The van der Waals surface area contributed by atoms with Crippen LogP contribution in [0.25, 0.3) is 33.2 Å². The van der Waals surface area contributed by atoms with Crippen molar-refractivity contribution in [2.24, 2.45) is 0 Å². The highest BCUT2D eigenvalue weighted by Crippen LogP contribution is 2.41. The molecule has 3 aromatic carbocycles. The van der Waals surface area contributed by atoms with Gasteiger partial charge in [-0.05, 0) is 47.9 Å². The number of hydrogen-bond acceptors (Lipinski definition) is 5. The first-order valence-electron chi connectivity index (χ1n) is 11.9. The number of morpholine rings is 1. The number of aromatic hydroxyl groups is 1. The van der Waals surface area contributed by atoms with Crippen LogP contribution in [-0.2, 0) is 4.74 Å². The lowest BCUT2D eigenvalue weighted by Gasteiger charge is -2.43. The third-order valence-electron chi connectivity index (χ3n) is 7.03. The molecule has 0 aliphatic carbocycles. The Morgan fingerprint density at radius 2 is 1.81 bits per heavy atom. The molecule has 3 heterocycles. The molecule has 5 nitrogen and oxygen atoms in total. The number of piperidine rings is 1. The minimum Gasteiger partial charge on any atom is -0.504 e. The van der Waals surface area contributed by atoms with Gasteiger partial charge in [0.05, 0.1) is 23.9 Å².